The third-order valence-electron chi connectivity index (χ3n) is 5.95. The zero-order valence-electron chi connectivity index (χ0n) is 18.8. The second kappa shape index (κ2) is 11.3. The Balaban J connectivity index is 1.62. The van der Waals surface area contributed by atoms with Crippen LogP contribution in [0.3, 0.4) is 0 Å². The third kappa shape index (κ3) is 6.73. The molecule has 2 aromatic rings. The van der Waals surface area contributed by atoms with Crippen LogP contribution < -0.4 is 4.74 Å². The lowest BCUT2D eigenvalue weighted by Crippen LogP contribution is -2.42. The number of likely N-dealkylation sites (N-methyl/N-ethyl adjacent to an activating group) is 1. The minimum atomic E-state index is 0.397. The predicted molar refractivity (Wildman–Crippen MR) is 123 cm³/mol. The monoisotopic (exact) mass is 411 g/mol. The number of nitrogens with zero attached hydrogens (tertiary/aromatic N) is 3. The molecular weight excluding hydrogens is 374 g/mol. The van der Waals surface area contributed by atoms with Crippen LogP contribution in [0.1, 0.15) is 24.0 Å². The summed E-state index contributed by atoms with van der Waals surface area (Å²) in [5.41, 5.74) is 2.28. The Labute approximate surface area is 181 Å². The molecule has 1 N–H and O–H groups in total. The summed E-state index contributed by atoms with van der Waals surface area (Å²) in [5, 5.41) is 10.2. The van der Waals surface area contributed by atoms with Crippen molar-refractivity contribution in [3.8, 4) is 11.5 Å². The average molecular weight is 412 g/mol. The number of hydrogen-bond donors (Lipinski definition) is 1. The Bertz CT molecular complexity index is 780. The molecule has 1 heterocycles. The number of phenolic OH excluding ortho intramolecular Hbond substituents is 1. The molecule has 1 aliphatic rings. The van der Waals surface area contributed by atoms with Crippen molar-refractivity contribution in [3.05, 3.63) is 59.7 Å². The van der Waals surface area contributed by atoms with Crippen LogP contribution in [0.25, 0.3) is 0 Å². The third-order valence-corrected chi connectivity index (χ3v) is 5.95. The van der Waals surface area contributed by atoms with Crippen molar-refractivity contribution in [2.24, 2.45) is 5.92 Å². The Morgan fingerprint density at radius 2 is 1.77 bits per heavy atom. The molecule has 30 heavy (non-hydrogen) atoms. The van der Waals surface area contributed by atoms with E-state index in [0.717, 1.165) is 57.1 Å². The summed E-state index contributed by atoms with van der Waals surface area (Å²) in [6, 6.07) is 16.1. The largest absolute Gasteiger partial charge is 0.508 e. The summed E-state index contributed by atoms with van der Waals surface area (Å²) in [7, 11) is 5.99. The summed E-state index contributed by atoms with van der Waals surface area (Å²) in [5.74, 6) is 2.02. The van der Waals surface area contributed by atoms with Crippen molar-refractivity contribution in [1.29, 1.82) is 0 Å². The van der Waals surface area contributed by atoms with Crippen LogP contribution in [0.4, 0.5) is 0 Å². The smallest absolute Gasteiger partial charge is 0.123 e. The van der Waals surface area contributed by atoms with Crippen LogP contribution in [0.2, 0.25) is 0 Å². The van der Waals surface area contributed by atoms with Gasteiger partial charge in [0.25, 0.3) is 0 Å². The van der Waals surface area contributed by atoms with Gasteiger partial charge in [-0.25, -0.2) is 0 Å². The summed E-state index contributed by atoms with van der Waals surface area (Å²) >= 11 is 0. The highest BCUT2D eigenvalue weighted by atomic mass is 16.5. The molecule has 0 amide bonds. The van der Waals surface area contributed by atoms with Crippen LogP contribution in [0.5, 0.6) is 11.5 Å². The lowest BCUT2D eigenvalue weighted by molar-refractivity contribution is 0.119. The standard InChI is InChI=1S/C25H37N3O2/c1-26(2)15-16-28(19-22-10-4-6-12-24(22)29)18-21-9-8-14-27(17-21)20-23-11-5-7-13-25(23)30-3/h4-7,10-13,21,29H,8-9,14-20H2,1-3H3/t21-/m1/s1. The minimum Gasteiger partial charge on any atom is -0.508 e. The van der Waals surface area contributed by atoms with Gasteiger partial charge >= 0.3 is 0 Å². The molecule has 3 rings (SSSR count). The SMILES string of the molecule is COc1ccccc1CN1CCC[C@@H](CN(CCN(C)C)Cc2ccccc2O)C1. The molecule has 5 nitrogen and oxygen atoms in total. The fourth-order valence-corrected chi connectivity index (χ4v) is 4.35. The highest BCUT2D eigenvalue weighted by Gasteiger charge is 2.23. The van der Waals surface area contributed by atoms with Crippen molar-refractivity contribution in [2.75, 3.05) is 53.9 Å². The number of methoxy groups -OCH3 is 1. The number of hydrogen-bond acceptors (Lipinski definition) is 5. The number of aromatic hydroxyl groups is 1. The van der Waals surface area contributed by atoms with E-state index < -0.39 is 0 Å². The number of para-hydroxylation sites is 2. The minimum absolute atomic E-state index is 0.397. The predicted octanol–water partition coefficient (Wildman–Crippen LogP) is 3.68. The van der Waals surface area contributed by atoms with Gasteiger partial charge in [0.05, 0.1) is 7.11 Å². The molecule has 0 radical (unpaired) electrons. The van der Waals surface area contributed by atoms with Crippen LogP contribution >= 0.6 is 0 Å². The zero-order chi connectivity index (χ0) is 21.3. The van der Waals surface area contributed by atoms with Crippen LogP contribution in [0.15, 0.2) is 48.5 Å². The van der Waals surface area contributed by atoms with Crippen molar-refractivity contribution in [3.63, 3.8) is 0 Å². The molecule has 0 spiro atoms. The van der Waals surface area contributed by atoms with E-state index in [1.165, 1.54) is 18.4 Å². The van der Waals surface area contributed by atoms with E-state index in [-0.39, 0.29) is 0 Å². The van der Waals surface area contributed by atoms with Crippen molar-refractivity contribution >= 4 is 0 Å². The number of benzene rings is 2. The van der Waals surface area contributed by atoms with Gasteiger partial charge in [-0.1, -0.05) is 36.4 Å². The van der Waals surface area contributed by atoms with E-state index in [2.05, 4.69) is 40.9 Å². The second-order valence-electron chi connectivity index (χ2n) is 8.72. The van der Waals surface area contributed by atoms with E-state index in [1.807, 2.05) is 30.3 Å². The Hall–Kier alpha value is -2.08. The molecule has 0 aliphatic carbocycles. The number of likely N-dealkylation sites (tertiary alicyclic amines) is 1. The van der Waals surface area contributed by atoms with E-state index in [1.54, 1.807) is 13.2 Å². The Morgan fingerprint density at radius 3 is 2.50 bits per heavy atom. The number of phenols is 1. The van der Waals surface area contributed by atoms with Crippen LogP contribution in [0, 0.1) is 5.92 Å². The highest BCUT2D eigenvalue weighted by Crippen LogP contribution is 2.25. The molecule has 1 fully saturated rings. The maximum atomic E-state index is 10.2. The molecule has 2 aromatic carbocycles. The molecule has 5 heteroatoms. The first kappa shape index (κ1) is 22.6. The van der Waals surface area contributed by atoms with Gasteiger partial charge < -0.3 is 14.7 Å². The highest BCUT2D eigenvalue weighted by molar-refractivity contribution is 5.33. The molecule has 1 atom stereocenters. The van der Waals surface area contributed by atoms with Crippen molar-refractivity contribution in [1.82, 2.24) is 14.7 Å². The lowest BCUT2D eigenvalue weighted by Gasteiger charge is -2.36. The first-order valence-corrected chi connectivity index (χ1v) is 11.0. The van der Waals surface area contributed by atoms with Gasteiger partial charge in [-0.05, 0) is 51.5 Å². The summed E-state index contributed by atoms with van der Waals surface area (Å²) in [6.45, 7) is 7.07. The summed E-state index contributed by atoms with van der Waals surface area (Å²) in [6.07, 6.45) is 2.50. The van der Waals surface area contributed by atoms with Gasteiger partial charge in [-0.3, -0.25) is 9.80 Å². The van der Waals surface area contributed by atoms with E-state index in [0.29, 0.717) is 11.7 Å². The second-order valence-corrected chi connectivity index (χ2v) is 8.72. The topological polar surface area (TPSA) is 39.2 Å². The van der Waals surface area contributed by atoms with Gasteiger partial charge in [0.2, 0.25) is 0 Å². The molecule has 0 aromatic heterocycles. The molecule has 0 bridgehead atoms. The number of ether oxygens (including phenoxy) is 1. The summed E-state index contributed by atoms with van der Waals surface area (Å²) in [4.78, 5) is 7.30. The van der Waals surface area contributed by atoms with Crippen molar-refractivity contribution in [2.45, 2.75) is 25.9 Å². The normalized spacial score (nSPS) is 17.6. The fourth-order valence-electron chi connectivity index (χ4n) is 4.35. The maximum Gasteiger partial charge on any atom is 0.123 e. The molecule has 164 valence electrons. The Morgan fingerprint density at radius 1 is 1.03 bits per heavy atom. The first-order chi connectivity index (χ1) is 14.5. The molecular formula is C25H37N3O2. The quantitative estimate of drug-likeness (QED) is 0.646. The fraction of sp³-hybridized carbons (Fsp3) is 0.520. The van der Waals surface area contributed by atoms with E-state index in [4.69, 9.17) is 4.74 Å². The van der Waals surface area contributed by atoms with E-state index in [9.17, 15) is 5.11 Å². The van der Waals surface area contributed by atoms with Crippen LogP contribution in [-0.2, 0) is 13.1 Å². The lowest BCUT2D eigenvalue weighted by atomic mass is 9.96. The molecule has 0 saturated carbocycles. The zero-order valence-corrected chi connectivity index (χ0v) is 18.8. The van der Waals surface area contributed by atoms with Crippen molar-refractivity contribution < 1.29 is 9.84 Å². The van der Waals surface area contributed by atoms with Gasteiger partial charge in [0.1, 0.15) is 11.5 Å². The maximum absolute atomic E-state index is 10.2. The van der Waals surface area contributed by atoms with Gasteiger partial charge in [0, 0.05) is 50.4 Å². The summed E-state index contributed by atoms with van der Waals surface area (Å²) < 4.78 is 5.55. The number of piperidine rings is 1. The van der Waals surface area contributed by atoms with Gasteiger partial charge in [-0.15, -0.1) is 0 Å². The Kier molecular flexibility index (Phi) is 8.55. The van der Waals surface area contributed by atoms with E-state index >= 15 is 0 Å². The molecule has 1 aliphatic heterocycles. The van der Waals surface area contributed by atoms with Crippen LogP contribution in [-0.4, -0.2) is 73.7 Å². The number of rotatable bonds is 10. The first-order valence-electron chi connectivity index (χ1n) is 11.0. The van der Waals surface area contributed by atoms with Gasteiger partial charge in [-0.2, -0.15) is 0 Å². The molecule has 0 unspecified atom stereocenters. The van der Waals surface area contributed by atoms with Gasteiger partial charge in [0.15, 0.2) is 0 Å². The average Bonchev–Trinajstić information content (AvgIpc) is 2.74. The molecule has 1 saturated heterocycles.